The summed E-state index contributed by atoms with van der Waals surface area (Å²) in [4.78, 5) is 7.78. The van der Waals surface area contributed by atoms with E-state index >= 15 is 0 Å². The van der Waals surface area contributed by atoms with Gasteiger partial charge in [0, 0.05) is 40.0 Å². The number of benzene rings is 8. The molecule has 10 aromatic rings. The van der Waals surface area contributed by atoms with Crippen LogP contribution >= 0.6 is 0 Å². The van der Waals surface area contributed by atoms with Crippen LogP contribution in [0.4, 0.5) is 0 Å². The van der Waals surface area contributed by atoms with E-state index in [-0.39, 0.29) is 0 Å². The van der Waals surface area contributed by atoms with E-state index in [0.29, 0.717) is 11.3 Å². The fraction of sp³-hybridized carbons (Fsp3) is 0.0370. The van der Waals surface area contributed by atoms with E-state index in [2.05, 4.69) is 156 Å². The Morgan fingerprint density at radius 2 is 1.08 bits per heavy atom. The molecule has 278 valence electrons. The maximum atomic E-state index is 10.9. The van der Waals surface area contributed by atoms with Crippen LogP contribution in [-0.2, 0) is 0 Å². The monoisotopic (exact) mass is 756 g/mol. The maximum absolute atomic E-state index is 10.9. The average molecular weight is 757 g/mol. The van der Waals surface area contributed by atoms with Crippen molar-refractivity contribution in [3.63, 3.8) is 0 Å². The van der Waals surface area contributed by atoms with Gasteiger partial charge >= 0.3 is 0 Å². The van der Waals surface area contributed by atoms with Gasteiger partial charge in [-0.1, -0.05) is 158 Å². The summed E-state index contributed by atoms with van der Waals surface area (Å²) >= 11 is 0. The number of rotatable bonds is 6. The van der Waals surface area contributed by atoms with Crippen molar-refractivity contribution < 1.29 is 4.42 Å². The first-order valence-corrected chi connectivity index (χ1v) is 19.9. The zero-order valence-electron chi connectivity index (χ0n) is 32.2. The first-order chi connectivity index (χ1) is 29.2. The highest BCUT2D eigenvalue weighted by Gasteiger charge is 2.34. The third kappa shape index (κ3) is 5.49. The van der Waals surface area contributed by atoms with Gasteiger partial charge in [0.2, 0.25) is 0 Å². The van der Waals surface area contributed by atoms with Crippen molar-refractivity contribution in [3.05, 3.63) is 216 Å². The molecule has 0 N–H and O–H groups in total. The second kappa shape index (κ2) is 13.9. The molecule has 1 aliphatic rings. The lowest BCUT2D eigenvalue weighted by atomic mass is 9.87. The Bertz CT molecular complexity index is 3270. The van der Waals surface area contributed by atoms with Gasteiger partial charge in [0.1, 0.15) is 29.0 Å². The van der Waals surface area contributed by atoms with Crippen LogP contribution < -0.4 is 0 Å². The van der Waals surface area contributed by atoms with Gasteiger partial charge < -0.3 is 13.9 Å². The van der Waals surface area contributed by atoms with Gasteiger partial charge in [0.05, 0.1) is 27.8 Å². The molecule has 0 saturated heterocycles. The molecule has 0 spiro atoms. The number of nitriles is 1. The Balaban J connectivity index is 1.25. The molecular weight excluding hydrogens is 721 g/mol. The fourth-order valence-electron chi connectivity index (χ4n) is 9.08. The average Bonchev–Trinajstić information content (AvgIpc) is 3.85. The highest BCUT2D eigenvalue weighted by Crippen LogP contribution is 2.47. The van der Waals surface area contributed by atoms with Gasteiger partial charge in [-0.3, -0.25) is 4.99 Å². The first kappa shape index (κ1) is 34.3. The summed E-state index contributed by atoms with van der Waals surface area (Å²) in [7, 11) is 2.07. The highest BCUT2D eigenvalue weighted by molar-refractivity contribution is 6.24. The molecule has 1 atom stereocenters. The van der Waals surface area contributed by atoms with Crippen LogP contribution in [0.2, 0.25) is 0 Å². The quantitative estimate of drug-likeness (QED) is 0.170. The lowest BCUT2D eigenvalue weighted by Crippen LogP contribution is -2.31. The van der Waals surface area contributed by atoms with Gasteiger partial charge in [-0.05, 0) is 64.2 Å². The third-order valence-corrected chi connectivity index (χ3v) is 11.7. The number of allylic oxidation sites excluding steroid dienone is 1. The second-order valence-corrected chi connectivity index (χ2v) is 15.0. The van der Waals surface area contributed by atoms with Gasteiger partial charge in [-0.2, -0.15) is 5.26 Å². The van der Waals surface area contributed by atoms with Crippen LogP contribution in [0.1, 0.15) is 22.9 Å². The van der Waals surface area contributed by atoms with Crippen molar-refractivity contribution in [3.8, 4) is 34.0 Å². The Hall–Kier alpha value is -7.94. The smallest absolute Gasteiger partial charge is 0.148 e. The first-order valence-electron chi connectivity index (χ1n) is 19.9. The summed E-state index contributed by atoms with van der Waals surface area (Å²) < 4.78 is 9.05. The number of aliphatic imine (C=N–C) groups is 1. The fourth-order valence-corrected chi connectivity index (χ4v) is 9.08. The minimum Gasteiger partial charge on any atom is -0.455 e. The molecule has 3 heterocycles. The van der Waals surface area contributed by atoms with E-state index in [1.807, 2.05) is 60.7 Å². The molecule has 59 heavy (non-hydrogen) atoms. The predicted molar refractivity (Wildman–Crippen MR) is 241 cm³/mol. The number of furan rings is 1. The molecule has 0 radical (unpaired) electrons. The maximum Gasteiger partial charge on any atom is 0.148 e. The molecule has 11 rings (SSSR count). The summed E-state index contributed by atoms with van der Waals surface area (Å²) in [6, 6.07) is 70.1. The summed E-state index contributed by atoms with van der Waals surface area (Å²) in [5, 5.41) is 15.3. The minimum absolute atomic E-state index is 0.495. The van der Waals surface area contributed by atoms with Crippen molar-refractivity contribution in [2.75, 3.05) is 7.05 Å². The molecule has 0 amide bonds. The Morgan fingerprint density at radius 1 is 0.542 bits per heavy atom. The minimum atomic E-state index is -0.495. The van der Waals surface area contributed by atoms with Crippen LogP contribution in [0.3, 0.4) is 0 Å². The van der Waals surface area contributed by atoms with E-state index in [9.17, 15) is 5.26 Å². The largest absolute Gasteiger partial charge is 0.455 e. The van der Waals surface area contributed by atoms with E-state index in [0.717, 1.165) is 94.1 Å². The van der Waals surface area contributed by atoms with E-state index in [4.69, 9.17) is 9.41 Å². The molecule has 0 fully saturated rings. The topological polar surface area (TPSA) is 57.5 Å². The van der Waals surface area contributed by atoms with E-state index < -0.39 is 6.17 Å². The van der Waals surface area contributed by atoms with Crippen LogP contribution in [0.25, 0.3) is 77.4 Å². The zero-order chi connectivity index (χ0) is 39.5. The van der Waals surface area contributed by atoms with Crippen LogP contribution in [0.15, 0.2) is 209 Å². The summed E-state index contributed by atoms with van der Waals surface area (Å²) in [6.45, 7) is 0. The number of hydrogen-bond acceptors (Lipinski definition) is 4. The molecule has 8 aromatic carbocycles. The lowest BCUT2D eigenvalue weighted by Gasteiger charge is -2.37. The van der Waals surface area contributed by atoms with Crippen molar-refractivity contribution in [2.24, 2.45) is 4.99 Å². The normalized spacial score (nSPS) is 14.3. The molecule has 1 aliphatic heterocycles. The zero-order valence-corrected chi connectivity index (χ0v) is 32.2. The van der Waals surface area contributed by atoms with Crippen molar-refractivity contribution >= 4 is 55.2 Å². The molecule has 5 heteroatoms. The van der Waals surface area contributed by atoms with Gasteiger partial charge in [-0.15, -0.1) is 0 Å². The summed E-state index contributed by atoms with van der Waals surface area (Å²) in [5.41, 5.74) is 14.2. The van der Waals surface area contributed by atoms with E-state index in [1.165, 1.54) is 0 Å². The molecule has 1 unspecified atom stereocenters. The SMILES string of the molecule is CN1C(c2ccccc2)=C(C#N)C(c2ccccc2)=NC1c1c(-c2ccccc2)cc(-n2c3ccccc3c3c4oc5ccccc5c4ccc32)cc1-c1ccccc1. The van der Waals surface area contributed by atoms with Crippen LogP contribution in [-0.4, -0.2) is 22.2 Å². The Labute approximate surface area is 341 Å². The van der Waals surface area contributed by atoms with Crippen LogP contribution in [0.5, 0.6) is 0 Å². The summed E-state index contributed by atoms with van der Waals surface area (Å²) in [5.74, 6) is 0. The standard InChI is InChI=1S/C54H36N4O/c1-57-52(38-24-12-5-13-25-38)45(34-55)51(37-22-10-4-11-23-37)56-54(57)49-43(35-18-6-2-7-19-35)32-39(33-44(49)36-20-8-3-9-21-36)58-46-28-16-14-27-42(46)50-47(58)31-30-41-40-26-15-17-29-48(40)59-53(41)50/h2-33,54H,1H3. The molecule has 5 nitrogen and oxygen atoms in total. The molecule has 0 saturated carbocycles. The van der Waals surface area contributed by atoms with Crippen molar-refractivity contribution in [1.82, 2.24) is 9.47 Å². The predicted octanol–water partition coefficient (Wildman–Crippen LogP) is 13.4. The number of para-hydroxylation sites is 2. The molecule has 0 aliphatic carbocycles. The van der Waals surface area contributed by atoms with Gasteiger partial charge in [0.15, 0.2) is 0 Å². The molecule has 0 bridgehead atoms. The number of fused-ring (bicyclic) bond motifs is 7. The van der Waals surface area contributed by atoms with Gasteiger partial charge in [-0.25, -0.2) is 0 Å². The van der Waals surface area contributed by atoms with Crippen LogP contribution in [0, 0.1) is 11.3 Å². The number of hydrogen-bond donors (Lipinski definition) is 0. The molecular formula is C54H36N4O. The highest BCUT2D eigenvalue weighted by atomic mass is 16.3. The second-order valence-electron chi connectivity index (χ2n) is 15.0. The van der Waals surface area contributed by atoms with Gasteiger partial charge in [0.25, 0.3) is 0 Å². The van der Waals surface area contributed by atoms with Crippen molar-refractivity contribution in [1.29, 1.82) is 5.26 Å². The third-order valence-electron chi connectivity index (χ3n) is 11.7. The Morgan fingerprint density at radius 3 is 1.71 bits per heavy atom. The number of nitrogens with zero attached hydrogens (tertiary/aromatic N) is 4. The van der Waals surface area contributed by atoms with Crippen molar-refractivity contribution in [2.45, 2.75) is 6.17 Å². The lowest BCUT2D eigenvalue weighted by molar-refractivity contribution is 0.364. The Kier molecular flexibility index (Phi) is 8.09. The number of aromatic nitrogens is 1. The summed E-state index contributed by atoms with van der Waals surface area (Å²) in [6.07, 6.45) is -0.495. The van der Waals surface area contributed by atoms with E-state index in [1.54, 1.807) is 0 Å². The molecule has 2 aromatic heterocycles.